The van der Waals surface area contributed by atoms with Gasteiger partial charge in [-0.25, -0.2) is 0 Å². The Kier molecular flexibility index (Phi) is 6.52. The molecule has 0 spiro atoms. The molecule has 2 N–H and O–H groups in total. The van der Waals surface area contributed by atoms with Gasteiger partial charge in [-0.2, -0.15) is 0 Å². The van der Waals surface area contributed by atoms with Gasteiger partial charge in [0.25, 0.3) is 0 Å². The van der Waals surface area contributed by atoms with E-state index in [9.17, 15) is 4.21 Å². The predicted octanol–water partition coefficient (Wildman–Crippen LogP) is 3.71. The second kappa shape index (κ2) is 7.21. The molecule has 0 bridgehead atoms. The molecular weight excluding hydrogens is 254 g/mol. The molecule has 1 saturated carbocycles. The lowest BCUT2D eigenvalue weighted by atomic mass is 9.69. The Hall–Kier alpha value is 0.110. The highest BCUT2D eigenvalue weighted by Gasteiger charge is 2.38. The molecule has 114 valence electrons. The van der Waals surface area contributed by atoms with E-state index in [-0.39, 0.29) is 11.3 Å². The van der Waals surface area contributed by atoms with E-state index in [0.29, 0.717) is 17.3 Å². The molecule has 0 aromatic rings. The molecule has 0 saturated heterocycles. The van der Waals surface area contributed by atoms with E-state index in [1.54, 1.807) is 0 Å². The van der Waals surface area contributed by atoms with Crippen LogP contribution in [0.3, 0.4) is 0 Å². The van der Waals surface area contributed by atoms with Crippen molar-refractivity contribution in [2.24, 2.45) is 23.0 Å². The molecule has 4 atom stereocenters. The van der Waals surface area contributed by atoms with Gasteiger partial charge >= 0.3 is 0 Å². The van der Waals surface area contributed by atoms with E-state index >= 15 is 0 Å². The standard InChI is InChI=1S/C16H33NOS/c1-6-16(4,5)13-7-8-14(17)15(11-13)19(18)10-9-12(2)3/h12-15H,6-11,17H2,1-5H3. The molecule has 3 heteroatoms. The summed E-state index contributed by atoms with van der Waals surface area (Å²) in [6.07, 6.45) is 5.56. The molecule has 0 amide bonds. The first kappa shape index (κ1) is 17.2. The van der Waals surface area contributed by atoms with Crippen LogP contribution in [0, 0.1) is 17.3 Å². The summed E-state index contributed by atoms with van der Waals surface area (Å²) in [5.41, 5.74) is 6.60. The zero-order valence-electron chi connectivity index (χ0n) is 13.4. The van der Waals surface area contributed by atoms with Crippen molar-refractivity contribution in [1.82, 2.24) is 0 Å². The van der Waals surface area contributed by atoms with Crippen LogP contribution < -0.4 is 5.73 Å². The zero-order valence-corrected chi connectivity index (χ0v) is 14.3. The molecule has 1 aliphatic carbocycles. The summed E-state index contributed by atoms with van der Waals surface area (Å²) >= 11 is 0. The highest BCUT2D eigenvalue weighted by Crippen LogP contribution is 2.41. The number of hydrogen-bond acceptors (Lipinski definition) is 2. The van der Waals surface area contributed by atoms with E-state index in [0.717, 1.165) is 25.0 Å². The Morgan fingerprint density at radius 2 is 1.95 bits per heavy atom. The Labute approximate surface area is 122 Å². The van der Waals surface area contributed by atoms with Gasteiger partial charge in [-0.1, -0.05) is 41.0 Å². The van der Waals surface area contributed by atoms with Crippen molar-refractivity contribution in [1.29, 1.82) is 0 Å². The SMILES string of the molecule is CCC(C)(C)C1CCC(N)C(S(=O)CCC(C)C)C1. The van der Waals surface area contributed by atoms with Crippen molar-refractivity contribution in [3.8, 4) is 0 Å². The lowest BCUT2D eigenvalue weighted by molar-refractivity contribution is 0.147. The molecule has 0 aromatic carbocycles. The molecule has 0 aromatic heterocycles. The van der Waals surface area contributed by atoms with Crippen LogP contribution in [0.1, 0.15) is 66.7 Å². The molecule has 1 aliphatic rings. The van der Waals surface area contributed by atoms with Gasteiger partial charge in [-0.15, -0.1) is 0 Å². The third kappa shape index (κ3) is 4.86. The van der Waals surface area contributed by atoms with Crippen LogP contribution in [0.25, 0.3) is 0 Å². The number of hydrogen-bond donors (Lipinski definition) is 1. The first-order chi connectivity index (χ1) is 8.77. The molecule has 0 radical (unpaired) electrons. The van der Waals surface area contributed by atoms with Gasteiger partial charge in [0.2, 0.25) is 0 Å². The zero-order chi connectivity index (χ0) is 14.6. The highest BCUT2D eigenvalue weighted by atomic mass is 32.2. The second-order valence-electron chi connectivity index (χ2n) is 7.32. The Morgan fingerprint density at radius 1 is 1.32 bits per heavy atom. The lowest BCUT2D eigenvalue weighted by Crippen LogP contribution is -2.46. The summed E-state index contributed by atoms with van der Waals surface area (Å²) in [6, 6.07) is 0.150. The monoisotopic (exact) mass is 287 g/mol. The van der Waals surface area contributed by atoms with Gasteiger partial charge in [-0.05, 0) is 42.9 Å². The molecule has 1 rings (SSSR count). The lowest BCUT2D eigenvalue weighted by Gasteiger charge is -2.41. The van der Waals surface area contributed by atoms with E-state index in [1.807, 2.05) is 0 Å². The summed E-state index contributed by atoms with van der Waals surface area (Å²) < 4.78 is 12.5. The van der Waals surface area contributed by atoms with Gasteiger partial charge in [0.1, 0.15) is 0 Å². The average molecular weight is 288 g/mol. The van der Waals surface area contributed by atoms with Gasteiger partial charge in [-0.3, -0.25) is 4.21 Å². The predicted molar refractivity (Wildman–Crippen MR) is 85.6 cm³/mol. The third-order valence-corrected chi connectivity index (χ3v) is 6.95. The summed E-state index contributed by atoms with van der Waals surface area (Å²) in [6.45, 7) is 11.4. The maximum absolute atomic E-state index is 12.5. The molecule has 19 heavy (non-hydrogen) atoms. The van der Waals surface area contributed by atoms with Crippen molar-refractivity contribution in [3.63, 3.8) is 0 Å². The van der Waals surface area contributed by atoms with Crippen molar-refractivity contribution >= 4 is 10.8 Å². The van der Waals surface area contributed by atoms with Crippen LogP contribution in [-0.4, -0.2) is 21.3 Å². The van der Waals surface area contributed by atoms with Crippen LogP contribution >= 0.6 is 0 Å². The van der Waals surface area contributed by atoms with Gasteiger partial charge < -0.3 is 5.73 Å². The maximum atomic E-state index is 12.5. The fourth-order valence-corrected chi connectivity index (χ4v) is 4.94. The van der Waals surface area contributed by atoms with Crippen molar-refractivity contribution in [2.75, 3.05) is 5.75 Å². The first-order valence-electron chi connectivity index (χ1n) is 7.90. The van der Waals surface area contributed by atoms with Crippen molar-refractivity contribution in [2.45, 2.75) is 78.0 Å². The third-order valence-electron chi connectivity index (χ3n) is 5.09. The first-order valence-corrected chi connectivity index (χ1v) is 9.29. The highest BCUT2D eigenvalue weighted by molar-refractivity contribution is 7.85. The Bertz CT molecular complexity index is 301. The maximum Gasteiger partial charge on any atom is 0.0501 e. The van der Waals surface area contributed by atoms with E-state index in [1.165, 1.54) is 12.8 Å². The molecular formula is C16H33NOS. The van der Waals surface area contributed by atoms with Crippen LogP contribution in [0.15, 0.2) is 0 Å². The minimum atomic E-state index is -0.740. The Morgan fingerprint density at radius 3 is 2.47 bits per heavy atom. The summed E-state index contributed by atoms with van der Waals surface area (Å²) in [5.74, 6) is 2.15. The largest absolute Gasteiger partial charge is 0.327 e. The number of nitrogens with two attached hydrogens (primary N) is 1. The number of rotatable bonds is 6. The van der Waals surface area contributed by atoms with Crippen LogP contribution in [0.4, 0.5) is 0 Å². The van der Waals surface area contributed by atoms with Crippen LogP contribution in [0.2, 0.25) is 0 Å². The summed E-state index contributed by atoms with van der Waals surface area (Å²) in [7, 11) is -0.740. The van der Waals surface area contributed by atoms with Crippen LogP contribution in [0.5, 0.6) is 0 Å². The summed E-state index contributed by atoms with van der Waals surface area (Å²) in [4.78, 5) is 0. The smallest absolute Gasteiger partial charge is 0.0501 e. The van der Waals surface area contributed by atoms with Crippen LogP contribution in [-0.2, 0) is 10.8 Å². The van der Waals surface area contributed by atoms with Gasteiger partial charge in [0.05, 0.1) is 5.25 Å². The fraction of sp³-hybridized carbons (Fsp3) is 1.00. The minimum absolute atomic E-state index is 0.150. The molecule has 0 heterocycles. The fourth-order valence-electron chi connectivity index (χ4n) is 2.96. The van der Waals surface area contributed by atoms with Crippen molar-refractivity contribution in [3.05, 3.63) is 0 Å². The topological polar surface area (TPSA) is 43.1 Å². The molecule has 4 unspecified atom stereocenters. The quantitative estimate of drug-likeness (QED) is 0.809. The minimum Gasteiger partial charge on any atom is -0.327 e. The van der Waals surface area contributed by atoms with E-state index in [4.69, 9.17) is 5.73 Å². The molecule has 2 nitrogen and oxygen atoms in total. The van der Waals surface area contributed by atoms with E-state index in [2.05, 4.69) is 34.6 Å². The Balaban J connectivity index is 2.63. The molecule has 0 aliphatic heterocycles. The second-order valence-corrected chi connectivity index (χ2v) is 9.10. The summed E-state index contributed by atoms with van der Waals surface area (Å²) in [5, 5.41) is 0.225. The van der Waals surface area contributed by atoms with E-state index < -0.39 is 10.8 Å². The average Bonchev–Trinajstić information content (AvgIpc) is 2.36. The van der Waals surface area contributed by atoms with Gasteiger partial charge in [0.15, 0.2) is 0 Å². The van der Waals surface area contributed by atoms with Crippen molar-refractivity contribution < 1.29 is 4.21 Å². The molecule has 1 fully saturated rings. The van der Waals surface area contributed by atoms with Gasteiger partial charge in [0, 0.05) is 22.6 Å². The normalized spacial score (nSPS) is 30.6.